The fraction of sp³-hybridized carbons (Fsp3) is 0.556. The zero-order chi connectivity index (χ0) is 16.5. The van der Waals surface area contributed by atoms with E-state index < -0.39 is 0 Å². The van der Waals surface area contributed by atoms with Gasteiger partial charge in [0.05, 0.1) is 19.6 Å². The molecular weight excluding hydrogens is 292 g/mol. The number of ether oxygens (including phenoxy) is 1. The van der Waals surface area contributed by atoms with Gasteiger partial charge in [0, 0.05) is 6.04 Å². The van der Waals surface area contributed by atoms with Gasteiger partial charge in [-0.2, -0.15) is 0 Å². The van der Waals surface area contributed by atoms with Gasteiger partial charge in [-0.3, -0.25) is 9.59 Å². The van der Waals surface area contributed by atoms with Crippen molar-refractivity contribution in [1.29, 1.82) is 0 Å². The standard InChI is InChI=1S/C18H26N2O3/c1-2-23-16-10-8-14(9-11-16)12-17(21)19-13-18(22)20-15-6-4-3-5-7-15/h8-11,15H,2-7,12-13H2,1H3,(H,19,21)(H,20,22). The molecule has 1 aliphatic rings. The summed E-state index contributed by atoms with van der Waals surface area (Å²) in [6.07, 6.45) is 5.97. The topological polar surface area (TPSA) is 67.4 Å². The Balaban J connectivity index is 1.68. The maximum atomic E-state index is 11.9. The van der Waals surface area contributed by atoms with Crippen molar-refractivity contribution in [1.82, 2.24) is 10.6 Å². The molecule has 1 fully saturated rings. The molecule has 23 heavy (non-hydrogen) atoms. The van der Waals surface area contributed by atoms with Gasteiger partial charge < -0.3 is 15.4 Å². The van der Waals surface area contributed by atoms with Crippen LogP contribution in [0.5, 0.6) is 5.75 Å². The van der Waals surface area contributed by atoms with Crippen LogP contribution in [0.4, 0.5) is 0 Å². The van der Waals surface area contributed by atoms with Gasteiger partial charge in [0.1, 0.15) is 5.75 Å². The first-order chi connectivity index (χ1) is 11.2. The quantitative estimate of drug-likeness (QED) is 0.810. The molecule has 0 aromatic heterocycles. The molecule has 0 unspecified atom stereocenters. The minimum absolute atomic E-state index is 0.0480. The van der Waals surface area contributed by atoms with Gasteiger partial charge in [-0.15, -0.1) is 0 Å². The number of amides is 2. The number of carbonyl (C=O) groups excluding carboxylic acids is 2. The summed E-state index contributed by atoms with van der Waals surface area (Å²) < 4.78 is 5.36. The predicted molar refractivity (Wildman–Crippen MR) is 89.3 cm³/mol. The molecule has 5 nitrogen and oxygen atoms in total. The Morgan fingerprint density at radius 3 is 2.43 bits per heavy atom. The Bertz CT molecular complexity index is 508. The van der Waals surface area contributed by atoms with Gasteiger partial charge >= 0.3 is 0 Å². The Morgan fingerprint density at radius 2 is 1.78 bits per heavy atom. The third kappa shape index (κ3) is 6.30. The second-order valence-corrected chi connectivity index (χ2v) is 5.93. The third-order valence-corrected chi connectivity index (χ3v) is 4.02. The van der Waals surface area contributed by atoms with Gasteiger partial charge in [-0.25, -0.2) is 0 Å². The number of hydrogen-bond donors (Lipinski definition) is 2. The molecule has 0 saturated heterocycles. The highest BCUT2D eigenvalue weighted by Crippen LogP contribution is 2.17. The van der Waals surface area contributed by atoms with Crippen LogP contribution >= 0.6 is 0 Å². The minimum atomic E-state index is -0.145. The van der Waals surface area contributed by atoms with E-state index in [9.17, 15) is 9.59 Å². The van der Waals surface area contributed by atoms with Crippen LogP contribution in [0.25, 0.3) is 0 Å². The normalized spacial score (nSPS) is 15.0. The van der Waals surface area contributed by atoms with Crippen molar-refractivity contribution in [3.05, 3.63) is 29.8 Å². The van der Waals surface area contributed by atoms with Crippen molar-refractivity contribution >= 4 is 11.8 Å². The lowest BCUT2D eigenvalue weighted by Gasteiger charge is -2.22. The number of benzene rings is 1. The van der Waals surface area contributed by atoms with Crippen LogP contribution in [0.1, 0.15) is 44.6 Å². The van der Waals surface area contributed by atoms with E-state index in [2.05, 4.69) is 10.6 Å². The highest BCUT2D eigenvalue weighted by molar-refractivity contribution is 5.85. The van der Waals surface area contributed by atoms with Gasteiger partial charge in [-0.05, 0) is 37.5 Å². The summed E-state index contributed by atoms with van der Waals surface area (Å²) in [6, 6.07) is 7.71. The van der Waals surface area contributed by atoms with E-state index in [0.717, 1.165) is 24.2 Å². The smallest absolute Gasteiger partial charge is 0.239 e. The lowest BCUT2D eigenvalue weighted by Crippen LogP contribution is -2.43. The molecule has 1 aliphatic carbocycles. The zero-order valence-corrected chi connectivity index (χ0v) is 13.8. The lowest BCUT2D eigenvalue weighted by atomic mass is 9.95. The van der Waals surface area contributed by atoms with Gasteiger partial charge in [0.2, 0.25) is 11.8 Å². The first-order valence-electron chi connectivity index (χ1n) is 8.45. The molecule has 0 atom stereocenters. The molecule has 126 valence electrons. The molecule has 1 aromatic carbocycles. The average molecular weight is 318 g/mol. The molecule has 0 heterocycles. The highest BCUT2D eigenvalue weighted by atomic mass is 16.5. The van der Waals surface area contributed by atoms with Gasteiger partial charge in [-0.1, -0.05) is 31.4 Å². The summed E-state index contributed by atoms with van der Waals surface area (Å²) in [6.45, 7) is 2.60. The van der Waals surface area contributed by atoms with E-state index in [4.69, 9.17) is 4.74 Å². The SMILES string of the molecule is CCOc1ccc(CC(=O)NCC(=O)NC2CCCCC2)cc1. The van der Waals surface area contributed by atoms with Crippen LogP contribution in [0.2, 0.25) is 0 Å². The van der Waals surface area contributed by atoms with Crippen LogP contribution < -0.4 is 15.4 Å². The molecule has 1 saturated carbocycles. The molecule has 0 bridgehead atoms. The van der Waals surface area contributed by atoms with E-state index in [1.165, 1.54) is 19.3 Å². The maximum absolute atomic E-state index is 11.9. The number of carbonyl (C=O) groups is 2. The number of hydrogen-bond acceptors (Lipinski definition) is 3. The van der Waals surface area contributed by atoms with E-state index in [0.29, 0.717) is 6.61 Å². The van der Waals surface area contributed by atoms with E-state index in [1.807, 2.05) is 31.2 Å². The second kappa shape index (κ2) is 9.18. The zero-order valence-electron chi connectivity index (χ0n) is 13.8. The predicted octanol–water partition coefficient (Wildman–Crippen LogP) is 2.19. The highest BCUT2D eigenvalue weighted by Gasteiger charge is 2.15. The summed E-state index contributed by atoms with van der Waals surface area (Å²) in [7, 11) is 0. The van der Waals surface area contributed by atoms with Crippen molar-refractivity contribution in [3.63, 3.8) is 0 Å². The van der Waals surface area contributed by atoms with E-state index in [1.54, 1.807) is 0 Å². The number of nitrogens with one attached hydrogen (secondary N) is 2. The summed E-state index contributed by atoms with van der Waals surface area (Å²) in [5.74, 6) is 0.549. The monoisotopic (exact) mass is 318 g/mol. The average Bonchev–Trinajstić information content (AvgIpc) is 2.56. The molecule has 5 heteroatoms. The van der Waals surface area contributed by atoms with Crippen LogP contribution in [0.15, 0.2) is 24.3 Å². The Kier molecular flexibility index (Phi) is 6.91. The molecule has 2 amide bonds. The maximum Gasteiger partial charge on any atom is 0.239 e. The van der Waals surface area contributed by atoms with Crippen LogP contribution in [-0.4, -0.2) is 31.0 Å². The van der Waals surface area contributed by atoms with Crippen LogP contribution in [0.3, 0.4) is 0 Å². The summed E-state index contributed by atoms with van der Waals surface area (Å²) in [5, 5.41) is 5.67. The first kappa shape index (κ1) is 17.3. The van der Waals surface area contributed by atoms with E-state index in [-0.39, 0.29) is 30.8 Å². The summed E-state index contributed by atoms with van der Waals surface area (Å²) in [5.41, 5.74) is 0.902. The van der Waals surface area contributed by atoms with E-state index >= 15 is 0 Å². The van der Waals surface area contributed by atoms with Gasteiger partial charge in [0.15, 0.2) is 0 Å². The molecule has 2 rings (SSSR count). The third-order valence-electron chi connectivity index (χ3n) is 4.02. The fourth-order valence-electron chi connectivity index (χ4n) is 2.82. The van der Waals surface area contributed by atoms with Crippen molar-refractivity contribution in [2.45, 2.75) is 51.5 Å². The van der Waals surface area contributed by atoms with Crippen molar-refractivity contribution < 1.29 is 14.3 Å². The minimum Gasteiger partial charge on any atom is -0.494 e. The van der Waals surface area contributed by atoms with Crippen LogP contribution in [-0.2, 0) is 16.0 Å². The summed E-state index contributed by atoms with van der Waals surface area (Å²) >= 11 is 0. The Morgan fingerprint density at radius 1 is 1.09 bits per heavy atom. The molecule has 0 spiro atoms. The Labute approximate surface area is 137 Å². The molecule has 2 N–H and O–H groups in total. The lowest BCUT2D eigenvalue weighted by molar-refractivity contribution is -0.126. The Hall–Kier alpha value is -2.04. The molecule has 0 aliphatic heterocycles. The largest absolute Gasteiger partial charge is 0.494 e. The van der Waals surface area contributed by atoms with Crippen molar-refractivity contribution in [3.8, 4) is 5.75 Å². The molecule has 0 radical (unpaired) electrons. The number of rotatable bonds is 7. The first-order valence-corrected chi connectivity index (χ1v) is 8.45. The second-order valence-electron chi connectivity index (χ2n) is 5.93. The molecular formula is C18H26N2O3. The van der Waals surface area contributed by atoms with Crippen molar-refractivity contribution in [2.75, 3.05) is 13.2 Å². The van der Waals surface area contributed by atoms with Crippen LogP contribution in [0, 0.1) is 0 Å². The fourth-order valence-corrected chi connectivity index (χ4v) is 2.82. The van der Waals surface area contributed by atoms with Crippen molar-refractivity contribution in [2.24, 2.45) is 0 Å². The molecule has 1 aromatic rings. The summed E-state index contributed by atoms with van der Waals surface area (Å²) in [4.78, 5) is 23.7. The van der Waals surface area contributed by atoms with Gasteiger partial charge in [0.25, 0.3) is 0 Å².